The maximum absolute atomic E-state index is 11.2. The molecule has 0 saturated heterocycles. The third-order valence-corrected chi connectivity index (χ3v) is 4.22. The predicted molar refractivity (Wildman–Crippen MR) is 84.1 cm³/mol. The number of hydrogen-bond donors (Lipinski definition) is 0. The monoisotopic (exact) mass is 314 g/mol. The van der Waals surface area contributed by atoms with Crippen LogP contribution >= 0.6 is 11.6 Å². The first-order valence-electron chi connectivity index (χ1n) is 6.51. The molecule has 0 aliphatic rings. The molecule has 1 aromatic carbocycles. The molecule has 6 heteroatoms. The molecule has 2 aromatic rings. The number of fused-ring (bicyclic) bond motifs is 1. The number of nitrogens with zero attached hydrogens (tertiary/aromatic N) is 2. The van der Waals surface area contributed by atoms with Gasteiger partial charge >= 0.3 is 0 Å². The molecule has 0 saturated carbocycles. The van der Waals surface area contributed by atoms with Crippen molar-refractivity contribution in [3.63, 3.8) is 0 Å². The van der Waals surface area contributed by atoms with Crippen molar-refractivity contribution in [2.24, 2.45) is 0 Å². The summed E-state index contributed by atoms with van der Waals surface area (Å²) in [4.78, 5) is 4.61. The Morgan fingerprint density at radius 1 is 1.50 bits per heavy atom. The fraction of sp³-hybridized carbons (Fsp3) is 0.500. The van der Waals surface area contributed by atoms with Gasteiger partial charge in [-0.3, -0.25) is 4.21 Å². The number of benzene rings is 1. The van der Waals surface area contributed by atoms with Crippen LogP contribution in [0.4, 0.5) is 0 Å². The molecule has 1 aromatic heterocycles. The zero-order valence-corrected chi connectivity index (χ0v) is 13.5. The second-order valence-corrected chi connectivity index (χ2v) is 6.91. The quantitative estimate of drug-likeness (QED) is 0.770. The molecule has 20 heavy (non-hydrogen) atoms. The first kappa shape index (κ1) is 15.3. The third-order valence-electron chi connectivity index (χ3n) is 3.16. The van der Waals surface area contributed by atoms with E-state index in [1.807, 2.05) is 25.1 Å². The van der Waals surface area contributed by atoms with Crippen LogP contribution in [0.1, 0.15) is 24.5 Å². The van der Waals surface area contributed by atoms with Crippen LogP contribution in [0.2, 0.25) is 0 Å². The average Bonchev–Trinajstić information content (AvgIpc) is 2.77. The summed E-state index contributed by atoms with van der Waals surface area (Å²) >= 11 is 6.23. The summed E-state index contributed by atoms with van der Waals surface area (Å²) in [6, 6.07) is 5.85. The Kier molecular flexibility index (Phi) is 5.05. The van der Waals surface area contributed by atoms with Crippen LogP contribution in [0.25, 0.3) is 11.0 Å². The second kappa shape index (κ2) is 6.59. The zero-order chi connectivity index (χ0) is 14.7. The van der Waals surface area contributed by atoms with Gasteiger partial charge in [-0.2, -0.15) is 0 Å². The number of para-hydroxylation sites is 1. The van der Waals surface area contributed by atoms with Crippen molar-refractivity contribution in [3.8, 4) is 5.75 Å². The summed E-state index contributed by atoms with van der Waals surface area (Å²) in [5, 5.41) is -0.181. The van der Waals surface area contributed by atoms with Crippen molar-refractivity contribution >= 4 is 33.4 Å². The Morgan fingerprint density at radius 3 is 2.85 bits per heavy atom. The van der Waals surface area contributed by atoms with Crippen molar-refractivity contribution in [2.45, 2.75) is 25.3 Å². The van der Waals surface area contributed by atoms with Crippen LogP contribution in [0, 0.1) is 0 Å². The Labute approximate surface area is 126 Å². The standard InChI is InChI=1S/C14H19ClN2O2S/c1-10(15)14-16-13-11(6-4-7-12(13)19-2)17(14)8-5-9-20(3)18/h4,6-7,10H,5,8-9H2,1-3H3. The average molecular weight is 315 g/mol. The van der Waals surface area contributed by atoms with E-state index >= 15 is 0 Å². The number of imidazole rings is 1. The largest absolute Gasteiger partial charge is 0.494 e. The summed E-state index contributed by atoms with van der Waals surface area (Å²) in [7, 11) is 0.861. The highest BCUT2D eigenvalue weighted by Crippen LogP contribution is 2.30. The van der Waals surface area contributed by atoms with E-state index in [9.17, 15) is 4.21 Å². The molecule has 0 aliphatic carbocycles. The number of halogens is 1. The van der Waals surface area contributed by atoms with E-state index in [1.165, 1.54) is 0 Å². The van der Waals surface area contributed by atoms with E-state index < -0.39 is 10.8 Å². The Bertz CT molecular complexity index is 625. The van der Waals surface area contributed by atoms with Gasteiger partial charge in [0.2, 0.25) is 0 Å². The number of aryl methyl sites for hydroxylation is 1. The van der Waals surface area contributed by atoms with Crippen LogP contribution in [0.15, 0.2) is 18.2 Å². The SMILES string of the molecule is COc1cccc2c1nc(C(C)Cl)n2CCCS(C)=O. The van der Waals surface area contributed by atoms with Gasteiger partial charge in [0.15, 0.2) is 0 Å². The van der Waals surface area contributed by atoms with E-state index in [4.69, 9.17) is 16.3 Å². The van der Waals surface area contributed by atoms with Gasteiger partial charge in [0.05, 0.1) is 18.0 Å². The maximum Gasteiger partial charge on any atom is 0.146 e. The molecule has 1 heterocycles. The van der Waals surface area contributed by atoms with E-state index in [1.54, 1.807) is 13.4 Å². The van der Waals surface area contributed by atoms with Gasteiger partial charge in [-0.05, 0) is 25.5 Å². The van der Waals surface area contributed by atoms with Crippen LogP contribution in [0.5, 0.6) is 5.75 Å². The summed E-state index contributed by atoms with van der Waals surface area (Å²) in [5.74, 6) is 2.26. The number of methoxy groups -OCH3 is 1. The lowest BCUT2D eigenvalue weighted by atomic mass is 10.3. The maximum atomic E-state index is 11.2. The van der Waals surface area contributed by atoms with Crippen molar-refractivity contribution in [3.05, 3.63) is 24.0 Å². The predicted octanol–water partition coefficient (Wildman–Crippen LogP) is 3.11. The topological polar surface area (TPSA) is 44.1 Å². The number of rotatable bonds is 6. The van der Waals surface area contributed by atoms with Gasteiger partial charge in [-0.1, -0.05) is 6.07 Å². The smallest absolute Gasteiger partial charge is 0.146 e. The highest BCUT2D eigenvalue weighted by Gasteiger charge is 2.17. The van der Waals surface area contributed by atoms with Crippen molar-refractivity contribution in [1.82, 2.24) is 9.55 Å². The highest BCUT2D eigenvalue weighted by atomic mass is 35.5. The molecule has 0 amide bonds. The molecule has 0 aliphatic heterocycles. The normalized spacial score (nSPS) is 14.4. The fourth-order valence-corrected chi connectivity index (χ4v) is 2.97. The van der Waals surface area contributed by atoms with E-state index in [2.05, 4.69) is 9.55 Å². The summed E-state index contributed by atoms with van der Waals surface area (Å²) in [5.41, 5.74) is 1.84. The number of ether oxygens (including phenoxy) is 1. The molecule has 110 valence electrons. The summed E-state index contributed by atoms with van der Waals surface area (Å²) < 4.78 is 18.6. The summed E-state index contributed by atoms with van der Waals surface area (Å²) in [6.45, 7) is 2.67. The molecule has 2 atom stereocenters. The summed E-state index contributed by atoms with van der Waals surface area (Å²) in [6.07, 6.45) is 2.56. The van der Waals surface area contributed by atoms with Crippen molar-refractivity contribution in [2.75, 3.05) is 19.1 Å². The van der Waals surface area contributed by atoms with Crippen molar-refractivity contribution in [1.29, 1.82) is 0 Å². The highest BCUT2D eigenvalue weighted by molar-refractivity contribution is 7.84. The molecule has 2 rings (SSSR count). The first-order valence-corrected chi connectivity index (χ1v) is 8.68. The van der Waals surface area contributed by atoms with Gasteiger partial charge in [0, 0.05) is 29.4 Å². The lowest BCUT2D eigenvalue weighted by Crippen LogP contribution is -2.07. The van der Waals surface area contributed by atoms with E-state index in [0.29, 0.717) is 5.75 Å². The first-order chi connectivity index (χ1) is 9.54. The lowest BCUT2D eigenvalue weighted by molar-refractivity contribution is 0.419. The van der Waals surface area contributed by atoms with E-state index in [0.717, 1.165) is 35.6 Å². The zero-order valence-electron chi connectivity index (χ0n) is 11.9. The molecule has 0 fully saturated rings. The molecular weight excluding hydrogens is 296 g/mol. The minimum Gasteiger partial charge on any atom is -0.494 e. The Hall–Kier alpha value is -1.07. The van der Waals surface area contributed by atoms with Gasteiger partial charge in [0.25, 0.3) is 0 Å². The number of alkyl halides is 1. The fourth-order valence-electron chi connectivity index (χ4n) is 2.27. The lowest BCUT2D eigenvalue weighted by Gasteiger charge is -2.10. The molecule has 0 N–H and O–H groups in total. The number of hydrogen-bond acceptors (Lipinski definition) is 3. The second-order valence-electron chi connectivity index (χ2n) is 4.70. The molecule has 4 nitrogen and oxygen atoms in total. The van der Waals surface area contributed by atoms with Gasteiger partial charge in [-0.15, -0.1) is 11.6 Å². The molecular formula is C14H19ClN2O2S. The van der Waals surface area contributed by atoms with Gasteiger partial charge in [0.1, 0.15) is 17.1 Å². The Morgan fingerprint density at radius 2 is 2.25 bits per heavy atom. The van der Waals surface area contributed by atoms with Crippen LogP contribution < -0.4 is 4.74 Å². The van der Waals surface area contributed by atoms with Crippen molar-refractivity contribution < 1.29 is 8.95 Å². The molecule has 0 bridgehead atoms. The Balaban J connectivity index is 2.43. The minimum atomic E-state index is -0.776. The van der Waals surface area contributed by atoms with Crippen LogP contribution in [-0.4, -0.2) is 32.9 Å². The van der Waals surface area contributed by atoms with E-state index in [-0.39, 0.29) is 5.38 Å². The van der Waals surface area contributed by atoms with Gasteiger partial charge in [-0.25, -0.2) is 4.98 Å². The molecule has 2 unspecified atom stereocenters. The van der Waals surface area contributed by atoms with Gasteiger partial charge < -0.3 is 9.30 Å². The van der Waals surface area contributed by atoms with Crippen LogP contribution in [0.3, 0.4) is 0 Å². The molecule has 0 radical (unpaired) electrons. The van der Waals surface area contributed by atoms with Crippen LogP contribution in [-0.2, 0) is 17.3 Å². The number of aromatic nitrogens is 2. The third kappa shape index (κ3) is 3.15. The molecule has 0 spiro atoms. The minimum absolute atomic E-state index is 0.181.